The highest BCUT2D eigenvalue weighted by Crippen LogP contribution is 2.33. The van der Waals surface area contributed by atoms with Gasteiger partial charge in [0.25, 0.3) is 0 Å². The summed E-state index contributed by atoms with van der Waals surface area (Å²) in [5.74, 6) is -0.00164. The van der Waals surface area contributed by atoms with Crippen molar-refractivity contribution in [2.24, 2.45) is 0 Å². The minimum absolute atomic E-state index is 0.00164. The van der Waals surface area contributed by atoms with Crippen LogP contribution in [0, 0.1) is 0 Å². The van der Waals surface area contributed by atoms with E-state index in [0.717, 1.165) is 22.0 Å². The van der Waals surface area contributed by atoms with Crippen LogP contribution in [0.4, 0.5) is 0 Å². The summed E-state index contributed by atoms with van der Waals surface area (Å²) >= 11 is 6.20. The van der Waals surface area contributed by atoms with Crippen LogP contribution in [0.2, 0.25) is 5.02 Å². The van der Waals surface area contributed by atoms with Crippen LogP contribution in [0.1, 0.15) is 17.3 Å². The Balaban J connectivity index is 2.45. The number of fused-ring (bicyclic) bond motifs is 1. The third-order valence-electron chi connectivity index (χ3n) is 3.29. The standard InChI is InChI=1S/C17H12ClNO/c1-11(20)14-10-19-17-13(8-5-9-15(17)18)16(14)12-6-3-2-4-7-12/h2-10H,1H3. The van der Waals surface area contributed by atoms with Crippen molar-refractivity contribution in [3.8, 4) is 11.1 Å². The zero-order valence-corrected chi connectivity index (χ0v) is 11.7. The van der Waals surface area contributed by atoms with Gasteiger partial charge in [0.15, 0.2) is 5.78 Å². The quantitative estimate of drug-likeness (QED) is 0.634. The molecule has 2 nitrogen and oxygen atoms in total. The predicted molar refractivity (Wildman–Crippen MR) is 82.2 cm³/mol. The maximum Gasteiger partial charge on any atom is 0.161 e. The molecule has 0 N–H and O–H groups in total. The number of ketones is 1. The van der Waals surface area contributed by atoms with E-state index in [1.807, 2.05) is 42.5 Å². The molecular weight excluding hydrogens is 270 g/mol. The summed E-state index contributed by atoms with van der Waals surface area (Å²) in [6.45, 7) is 1.56. The number of hydrogen-bond acceptors (Lipinski definition) is 2. The van der Waals surface area contributed by atoms with Crippen LogP contribution in [-0.2, 0) is 0 Å². The van der Waals surface area contributed by atoms with Crippen LogP contribution in [-0.4, -0.2) is 10.8 Å². The molecule has 1 aromatic heterocycles. The van der Waals surface area contributed by atoms with E-state index in [1.165, 1.54) is 0 Å². The Kier molecular flexibility index (Phi) is 3.25. The topological polar surface area (TPSA) is 30.0 Å². The van der Waals surface area contributed by atoms with E-state index >= 15 is 0 Å². The van der Waals surface area contributed by atoms with E-state index in [0.29, 0.717) is 10.6 Å². The maximum absolute atomic E-state index is 11.9. The van der Waals surface area contributed by atoms with Gasteiger partial charge in [-0.25, -0.2) is 0 Å². The summed E-state index contributed by atoms with van der Waals surface area (Å²) in [4.78, 5) is 16.2. The third-order valence-corrected chi connectivity index (χ3v) is 3.59. The molecule has 0 bridgehead atoms. The van der Waals surface area contributed by atoms with Crippen molar-refractivity contribution in [1.82, 2.24) is 4.98 Å². The Hall–Kier alpha value is -2.19. The molecule has 3 heteroatoms. The molecule has 98 valence electrons. The molecule has 2 aromatic carbocycles. The highest BCUT2D eigenvalue weighted by molar-refractivity contribution is 6.35. The number of para-hydroxylation sites is 1. The summed E-state index contributed by atoms with van der Waals surface area (Å²) in [6.07, 6.45) is 1.61. The molecule has 0 aliphatic carbocycles. The summed E-state index contributed by atoms with van der Waals surface area (Å²) < 4.78 is 0. The first-order valence-electron chi connectivity index (χ1n) is 6.32. The number of hydrogen-bond donors (Lipinski definition) is 0. The number of carbonyl (C=O) groups is 1. The van der Waals surface area contributed by atoms with Gasteiger partial charge in [-0.1, -0.05) is 54.1 Å². The number of pyridine rings is 1. The summed E-state index contributed by atoms with van der Waals surface area (Å²) in [6, 6.07) is 15.5. The zero-order valence-electron chi connectivity index (χ0n) is 10.9. The lowest BCUT2D eigenvalue weighted by atomic mass is 9.95. The molecule has 3 rings (SSSR count). The molecule has 0 atom stereocenters. The second kappa shape index (κ2) is 5.06. The van der Waals surface area contributed by atoms with Crippen LogP contribution >= 0.6 is 11.6 Å². The van der Waals surface area contributed by atoms with Crippen LogP contribution in [0.3, 0.4) is 0 Å². The molecule has 0 fully saturated rings. The second-order valence-corrected chi connectivity index (χ2v) is 5.01. The molecule has 0 amide bonds. The molecule has 0 saturated heterocycles. The highest BCUT2D eigenvalue weighted by Gasteiger charge is 2.15. The van der Waals surface area contributed by atoms with Gasteiger partial charge in [-0.15, -0.1) is 0 Å². The average Bonchev–Trinajstić information content (AvgIpc) is 2.47. The molecule has 0 aliphatic rings. The molecule has 0 spiro atoms. The lowest BCUT2D eigenvalue weighted by molar-refractivity contribution is 0.101. The fourth-order valence-corrected chi connectivity index (χ4v) is 2.59. The SMILES string of the molecule is CC(=O)c1cnc2c(Cl)cccc2c1-c1ccccc1. The van der Waals surface area contributed by atoms with Gasteiger partial charge >= 0.3 is 0 Å². The first-order chi connectivity index (χ1) is 9.68. The number of benzene rings is 2. The normalized spacial score (nSPS) is 10.7. The largest absolute Gasteiger partial charge is 0.294 e. The highest BCUT2D eigenvalue weighted by atomic mass is 35.5. The van der Waals surface area contributed by atoms with E-state index in [2.05, 4.69) is 4.98 Å². The van der Waals surface area contributed by atoms with Crippen molar-refractivity contribution in [1.29, 1.82) is 0 Å². The Morgan fingerprint density at radius 1 is 1.05 bits per heavy atom. The smallest absolute Gasteiger partial charge is 0.161 e. The van der Waals surface area contributed by atoms with Gasteiger partial charge in [-0.3, -0.25) is 9.78 Å². The minimum Gasteiger partial charge on any atom is -0.294 e. The second-order valence-electron chi connectivity index (χ2n) is 4.61. The van der Waals surface area contributed by atoms with Gasteiger partial charge in [0.05, 0.1) is 10.5 Å². The molecule has 0 unspecified atom stereocenters. The fraction of sp³-hybridized carbons (Fsp3) is 0.0588. The third kappa shape index (κ3) is 2.08. The van der Waals surface area contributed by atoms with Gasteiger partial charge < -0.3 is 0 Å². The lowest BCUT2D eigenvalue weighted by Crippen LogP contribution is -1.99. The number of rotatable bonds is 2. The summed E-state index contributed by atoms with van der Waals surface area (Å²) in [5.41, 5.74) is 3.22. The summed E-state index contributed by atoms with van der Waals surface area (Å²) in [5, 5.41) is 1.49. The molecule has 20 heavy (non-hydrogen) atoms. The van der Waals surface area contributed by atoms with Gasteiger partial charge in [-0.05, 0) is 18.6 Å². The number of aromatic nitrogens is 1. The zero-order chi connectivity index (χ0) is 14.1. The minimum atomic E-state index is -0.00164. The lowest BCUT2D eigenvalue weighted by Gasteiger charge is -2.11. The van der Waals surface area contributed by atoms with Crippen molar-refractivity contribution < 1.29 is 4.79 Å². The van der Waals surface area contributed by atoms with Crippen LogP contribution in [0.25, 0.3) is 22.0 Å². The van der Waals surface area contributed by atoms with Gasteiger partial charge in [0.1, 0.15) is 0 Å². The fourth-order valence-electron chi connectivity index (χ4n) is 2.37. The van der Waals surface area contributed by atoms with Crippen LogP contribution in [0.5, 0.6) is 0 Å². The van der Waals surface area contributed by atoms with Gasteiger partial charge in [0, 0.05) is 22.7 Å². The van der Waals surface area contributed by atoms with Crippen molar-refractivity contribution in [2.45, 2.75) is 6.92 Å². The molecule has 1 heterocycles. The average molecular weight is 282 g/mol. The van der Waals surface area contributed by atoms with E-state index in [4.69, 9.17) is 11.6 Å². The van der Waals surface area contributed by atoms with E-state index in [9.17, 15) is 4.79 Å². The number of halogens is 1. The Morgan fingerprint density at radius 3 is 2.50 bits per heavy atom. The summed E-state index contributed by atoms with van der Waals surface area (Å²) in [7, 11) is 0. The van der Waals surface area contributed by atoms with E-state index < -0.39 is 0 Å². The number of carbonyl (C=O) groups excluding carboxylic acids is 1. The Morgan fingerprint density at radius 2 is 1.80 bits per heavy atom. The van der Waals surface area contributed by atoms with Crippen LogP contribution in [0.15, 0.2) is 54.7 Å². The van der Waals surface area contributed by atoms with Gasteiger partial charge in [0.2, 0.25) is 0 Å². The molecule has 0 radical (unpaired) electrons. The predicted octanol–water partition coefficient (Wildman–Crippen LogP) is 4.76. The van der Waals surface area contributed by atoms with Crippen LogP contribution < -0.4 is 0 Å². The molecule has 0 aliphatic heterocycles. The molecular formula is C17H12ClNO. The van der Waals surface area contributed by atoms with Crippen molar-refractivity contribution >= 4 is 28.3 Å². The molecule has 3 aromatic rings. The van der Waals surface area contributed by atoms with Gasteiger partial charge in [-0.2, -0.15) is 0 Å². The first kappa shape index (κ1) is 12.8. The molecule has 0 saturated carbocycles. The van der Waals surface area contributed by atoms with Crippen molar-refractivity contribution in [3.05, 3.63) is 65.3 Å². The number of nitrogens with zero attached hydrogens (tertiary/aromatic N) is 1. The number of Topliss-reactive ketones (excluding diaryl/α,β-unsaturated/α-hetero) is 1. The Bertz CT molecular complexity index is 797. The Labute approximate surface area is 122 Å². The van der Waals surface area contributed by atoms with Crippen molar-refractivity contribution in [3.63, 3.8) is 0 Å². The maximum atomic E-state index is 11.9. The monoisotopic (exact) mass is 281 g/mol. The van der Waals surface area contributed by atoms with Crippen molar-refractivity contribution in [2.75, 3.05) is 0 Å². The first-order valence-corrected chi connectivity index (χ1v) is 6.70. The van der Waals surface area contributed by atoms with E-state index in [1.54, 1.807) is 19.2 Å². The van der Waals surface area contributed by atoms with E-state index in [-0.39, 0.29) is 5.78 Å².